The lowest BCUT2D eigenvalue weighted by molar-refractivity contribution is -0.133. The van der Waals surface area contributed by atoms with E-state index >= 15 is 0 Å². The highest BCUT2D eigenvalue weighted by atomic mass is 16.5. The fraction of sp³-hybridized carbons (Fsp3) is 0.632. The maximum Gasteiger partial charge on any atom is 0.237 e. The molecule has 2 aliphatic heterocycles. The topological polar surface area (TPSA) is 42.0 Å². The van der Waals surface area contributed by atoms with E-state index in [-0.39, 0.29) is 11.9 Å². The van der Waals surface area contributed by atoms with E-state index < -0.39 is 0 Å². The fourth-order valence-corrected chi connectivity index (χ4v) is 3.92. The minimum Gasteiger partial charge on any atom is -0.493 e. The molecule has 0 aromatic heterocycles. The van der Waals surface area contributed by atoms with Crippen molar-refractivity contribution >= 4 is 5.91 Å². The molecule has 1 aromatic rings. The minimum atomic E-state index is 0.150. The zero-order valence-electron chi connectivity index (χ0n) is 15.0. The number of carbonyl (C=O) groups excluding carboxylic acids is 1. The Bertz CT molecular complexity index is 590. The van der Waals surface area contributed by atoms with Crippen LogP contribution in [0.4, 0.5) is 0 Å². The number of nitrogens with zero attached hydrogens (tertiary/aromatic N) is 2. The lowest BCUT2D eigenvalue weighted by Gasteiger charge is -2.27. The summed E-state index contributed by atoms with van der Waals surface area (Å²) in [5.74, 6) is 2.41. The molecule has 2 saturated heterocycles. The molecule has 2 atom stereocenters. The van der Waals surface area contributed by atoms with Gasteiger partial charge in [-0.1, -0.05) is 13.0 Å². The Labute approximate surface area is 144 Å². The average molecular weight is 332 g/mol. The van der Waals surface area contributed by atoms with Crippen molar-refractivity contribution in [3.8, 4) is 11.5 Å². The molecular formula is C19H28N2O3. The van der Waals surface area contributed by atoms with Gasteiger partial charge in [0.2, 0.25) is 5.91 Å². The lowest BCUT2D eigenvalue weighted by atomic mass is 10.0. The van der Waals surface area contributed by atoms with Gasteiger partial charge < -0.3 is 14.4 Å². The number of ether oxygens (including phenoxy) is 2. The summed E-state index contributed by atoms with van der Waals surface area (Å²) in [5, 5.41) is 0. The first-order valence-electron chi connectivity index (χ1n) is 8.86. The lowest BCUT2D eigenvalue weighted by Crippen LogP contribution is -2.39. The summed E-state index contributed by atoms with van der Waals surface area (Å²) in [6.07, 6.45) is 3.27. The van der Waals surface area contributed by atoms with Crippen molar-refractivity contribution in [2.75, 3.05) is 40.4 Å². The van der Waals surface area contributed by atoms with Gasteiger partial charge in [-0.2, -0.15) is 0 Å². The van der Waals surface area contributed by atoms with Crippen LogP contribution in [0.25, 0.3) is 0 Å². The van der Waals surface area contributed by atoms with E-state index in [1.165, 1.54) is 6.42 Å². The number of rotatable bonds is 5. The number of likely N-dealkylation sites (tertiary alicyclic amines) is 2. The van der Waals surface area contributed by atoms with Crippen LogP contribution in [0.5, 0.6) is 11.5 Å². The molecule has 2 fully saturated rings. The molecule has 0 saturated carbocycles. The van der Waals surface area contributed by atoms with E-state index in [1.54, 1.807) is 14.2 Å². The van der Waals surface area contributed by atoms with Crippen molar-refractivity contribution < 1.29 is 14.3 Å². The maximum atomic E-state index is 12.8. The second-order valence-electron chi connectivity index (χ2n) is 6.99. The Morgan fingerprint density at radius 3 is 2.62 bits per heavy atom. The van der Waals surface area contributed by atoms with Crippen molar-refractivity contribution in [1.29, 1.82) is 0 Å². The number of benzene rings is 1. The summed E-state index contributed by atoms with van der Waals surface area (Å²) in [6, 6.07) is 6.14. The van der Waals surface area contributed by atoms with Crippen molar-refractivity contribution in [3.05, 3.63) is 23.8 Å². The molecule has 1 aromatic carbocycles. The summed E-state index contributed by atoms with van der Waals surface area (Å²) in [4.78, 5) is 17.1. The van der Waals surface area contributed by atoms with Crippen molar-refractivity contribution in [1.82, 2.24) is 9.80 Å². The van der Waals surface area contributed by atoms with Crippen LogP contribution in [-0.2, 0) is 4.79 Å². The first-order chi connectivity index (χ1) is 11.6. The third-order valence-corrected chi connectivity index (χ3v) is 5.23. The van der Waals surface area contributed by atoms with Crippen LogP contribution < -0.4 is 9.47 Å². The van der Waals surface area contributed by atoms with E-state index in [9.17, 15) is 4.79 Å². The quantitative estimate of drug-likeness (QED) is 0.831. The van der Waals surface area contributed by atoms with Gasteiger partial charge in [0.1, 0.15) is 0 Å². The number of methoxy groups -OCH3 is 2. The van der Waals surface area contributed by atoms with Gasteiger partial charge >= 0.3 is 0 Å². The van der Waals surface area contributed by atoms with E-state index in [0.717, 1.165) is 49.5 Å². The molecular weight excluding hydrogens is 304 g/mol. The van der Waals surface area contributed by atoms with Gasteiger partial charge in [-0.25, -0.2) is 0 Å². The second-order valence-corrected chi connectivity index (χ2v) is 6.99. The first kappa shape index (κ1) is 17.1. The molecule has 0 radical (unpaired) electrons. The molecule has 0 N–H and O–H groups in total. The number of carbonyl (C=O) groups is 1. The number of hydrogen-bond donors (Lipinski definition) is 0. The van der Waals surface area contributed by atoms with Crippen molar-refractivity contribution in [2.45, 2.75) is 32.2 Å². The Balaban J connectivity index is 1.72. The Morgan fingerprint density at radius 2 is 1.96 bits per heavy atom. The predicted octanol–water partition coefficient (Wildman–Crippen LogP) is 2.71. The van der Waals surface area contributed by atoms with Gasteiger partial charge in [-0.15, -0.1) is 0 Å². The van der Waals surface area contributed by atoms with Crippen molar-refractivity contribution in [3.63, 3.8) is 0 Å². The maximum absolute atomic E-state index is 12.8. The summed E-state index contributed by atoms with van der Waals surface area (Å²) in [5.41, 5.74) is 1.13. The third kappa shape index (κ3) is 3.51. The normalized spacial score (nSPS) is 24.4. The van der Waals surface area contributed by atoms with Gasteiger partial charge in [0.05, 0.1) is 26.8 Å². The summed E-state index contributed by atoms with van der Waals surface area (Å²) in [6.45, 7) is 5.74. The van der Waals surface area contributed by atoms with Crippen LogP contribution in [0.15, 0.2) is 18.2 Å². The van der Waals surface area contributed by atoms with E-state index in [0.29, 0.717) is 12.5 Å². The highest BCUT2D eigenvalue weighted by molar-refractivity contribution is 5.79. The summed E-state index contributed by atoms with van der Waals surface area (Å²) < 4.78 is 10.7. The number of amides is 1. The molecule has 5 heteroatoms. The SMILES string of the molecule is COc1ccc(C2CCCN2C(=O)CN2CCC(C)C2)cc1OC. The van der Waals surface area contributed by atoms with Gasteiger partial charge in [0, 0.05) is 13.1 Å². The monoisotopic (exact) mass is 332 g/mol. The second kappa shape index (κ2) is 7.43. The molecule has 5 nitrogen and oxygen atoms in total. The first-order valence-corrected chi connectivity index (χ1v) is 8.86. The standard InChI is InChI=1S/C19H28N2O3/c1-14-8-10-20(12-14)13-19(22)21-9-4-5-16(21)15-6-7-17(23-2)18(11-15)24-3/h6-7,11,14,16H,4-5,8-10,12-13H2,1-3H3. The van der Waals surface area contributed by atoms with E-state index in [1.807, 2.05) is 17.0 Å². The largest absolute Gasteiger partial charge is 0.493 e. The molecule has 2 heterocycles. The molecule has 132 valence electrons. The smallest absolute Gasteiger partial charge is 0.237 e. The van der Waals surface area contributed by atoms with Gasteiger partial charge in [0.25, 0.3) is 0 Å². The minimum absolute atomic E-state index is 0.150. The Kier molecular flexibility index (Phi) is 5.29. The zero-order chi connectivity index (χ0) is 17.1. The Hall–Kier alpha value is -1.75. The van der Waals surface area contributed by atoms with E-state index in [2.05, 4.69) is 17.9 Å². The molecule has 0 spiro atoms. The zero-order valence-corrected chi connectivity index (χ0v) is 15.0. The van der Waals surface area contributed by atoms with Crippen LogP contribution in [0.3, 0.4) is 0 Å². The molecule has 0 bridgehead atoms. The van der Waals surface area contributed by atoms with Crippen LogP contribution in [0, 0.1) is 5.92 Å². The van der Waals surface area contributed by atoms with Gasteiger partial charge in [-0.3, -0.25) is 9.69 Å². The van der Waals surface area contributed by atoms with Crippen molar-refractivity contribution in [2.24, 2.45) is 5.92 Å². The molecule has 3 rings (SSSR count). The fourth-order valence-electron chi connectivity index (χ4n) is 3.92. The van der Waals surface area contributed by atoms with Crippen LogP contribution in [-0.4, -0.2) is 56.1 Å². The molecule has 1 amide bonds. The summed E-state index contributed by atoms with van der Waals surface area (Å²) >= 11 is 0. The van der Waals surface area contributed by atoms with Crippen LogP contribution in [0.2, 0.25) is 0 Å². The third-order valence-electron chi connectivity index (χ3n) is 5.23. The molecule has 2 unspecified atom stereocenters. The highest BCUT2D eigenvalue weighted by Gasteiger charge is 2.32. The highest BCUT2D eigenvalue weighted by Crippen LogP contribution is 2.37. The molecule has 2 aliphatic rings. The van der Waals surface area contributed by atoms with Gasteiger partial charge in [-0.05, 0) is 49.4 Å². The molecule has 24 heavy (non-hydrogen) atoms. The van der Waals surface area contributed by atoms with Gasteiger partial charge in [0.15, 0.2) is 11.5 Å². The Morgan fingerprint density at radius 1 is 1.17 bits per heavy atom. The predicted molar refractivity (Wildman–Crippen MR) is 93.5 cm³/mol. The van der Waals surface area contributed by atoms with E-state index in [4.69, 9.17) is 9.47 Å². The number of hydrogen-bond acceptors (Lipinski definition) is 4. The summed E-state index contributed by atoms with van der Waals surface area (Å²) in [7, 11) is 3.29. The average Bonchev–Trinajstić information content (AvgIpc) is 3.23. The van der Waals surface area contributed by atoms with Crippen LogP contribution in [0.1, 0.15) is 37.8 Å². The van der Waals surface area contributed by atoms with Crippen LogP contribution >= 0.6 is 0 Å². The molecule has 0 aliphatic carbocycles.